The lowest BCUT2D eigenvalue weighted by Crippen LogP contribution is -2.17. The molecule has 4 aromatic rings. The number of hydrogen-bond donors (Lipinski definition) is 0. The van der Waals surface area contributed by atoms with Gasteiger partial charge in [-0.15, -0.1) is 13.2 Å². The Morgan fingerprint density at radius 2 is 1.15 bits per heavy atom. The SMILES string of the molecule is [C-]#[N+]/C(C#N)=C1C2=C(/C(=C(\C#N)[N+]#[C-])c3cc(-c4ccc([N+]#[C-])c(C)c4)ccc32)c2ccc(-c3ccc(C#N)c(OC(F)(F)F)c3)cc2\1. The van der Waals surface area contributed by atoms with E-state index in [1.165, 1.54) is 12.1 Å². The summed E-state index contributed by atoms with van der Waals surface area (Å²) in [6, 6.07) is 25.2. The average Bonchev–Trinajstić information content (AvgIpc) is 3.57. The molecule has 10 heteroatoms. The summed E-state index contributed by atoms with van der Waals surface area (Å²) in [4.78, 5) is 10.5. The van der Waals surface area contributed by atoms with Crippen LogP contribution in [0.2, 0.25) is 0 Å². The van der Waals surface area contributed by atoms with Crippen LogP contribution in [0.1, 0.15) is 33.4 Å². The summed E-state index contributed by atoms with van der Waals surface area (Å²) in [5, 5.41) is 29.5. The van der Waals surface area contributed by atoms with Crippen molar-refractivity contribution in [1.29, 1.82) is 15.8 Å². The largest absolute Gasteiger partial charge is 0.573 e. The van der Waals surface area contributed by atoms with Crippen LogP contribution < -0.4 is 4.74 Å². The lowest BCUT2D eigenvalue weighted by molar-refractivity contribution is -0.274. The Kier molecular flexibility index (Phi) is 7.36. The fraction of sp³-hybridized carbons (Fsp3) is 0.0526. The van der Waals surface area contributed by atoms with Crippen LogP contribution in [-0.4, -0.2) is 6.36 Å². The van der Waals surface area contributed by atoms with Crippen LogP contribution in [0.25, 0.3) is 59.1 Å². The van der Waals surface area contributed by atoms with E-state index in [-0.39, 0.29) is 28.1 Å². The highest BCUT2D eigenvalue weighted by atomic mass is 19.4. The van der Waals surface area contributed by atoms with Crippen molar-refractivity contribution >= 4 is 28.0 Å². The number of nitriles is 3. The summed E-state index contributed by atoms with van der Waals surface area (Å²) in [6.45, 7) is 24.8. The molecule has 4 aromatic carbocycles. The fourth-order valence-electron chi connectivity index (χ4n) is 6.08. The highest BCUT2D eigenvalue weighted by Crippen LogP contribution is 2.60. The van der Waals surface area contributed by atoms with Gasteiger partial charge in [-0.05, 0) is 92.4 Å². The van der Waals surface area contributed by atoms with Crippen molar-refractivity contribution in [3.8, 4) is 46.2 Å². The molecule has 0 amide bonds. The third-order valence-corrected chi connectivity index (χ3v) is 8.09. The highest BCUT2D eigenvalue weighted by molar-refractivity contribution is 6.37. The number of alkyl halides is 3. The van der Waals surface area contributed by atoms with Gasteiger partial charge in [-0.25, -0.2) is 25.1 Å². The second-order valence-corrected chi connectivity index (χ2v) is 10.6. The van der Waals surface area contributed by atoms with Crippen molar-refractivity contribution in [2.24, 2.45) is 0 Å². The molecule has 0 spiro atoms. The maximum absolute atomic E-state index is 13.1. The van der Waals surface area contributed by atoms with Crippen molar-refractivity contribution in [2.75, 3.05) is 0 Å². The van der Waals surface area contributed by atoms with Gasteiger partial charge in [0.1, 0.15) is 11.8 Å². The first-order chi connectivity index (χ1) is 23.1. The van der Waals surface area contributed by atoms with Crippen LogP contribution in [-0.2, 0) is 0 Å². The molecule has 0 aromatic heterocycles. The van der Waals surface area contributed by atoms with Crippen LogP contribution in [0, 0.1) is 60.6 Å². The molecule has 7 nitrogen and oxygen atoms in total. The maximum atomic E-state index is 13.1. The van der Waals surface area contributed by atoms with E-state index in [2.05, 4.69) is 19.3 Å². The van der Waals surface area contributed by atoms with E-state index in [0.29, 0.717) is 50.2 Å². The Morgan fingerprint density at radius 3 is 1.58 bits per heavy atom. The molecule has 0 saturated heterocycles. The van der Waals surface area contributed by atoms with Gasteiger partial charge in [0.15, 0.2) is 5.69 Å². The minimum absolute atomic E-state index is 0.198. The minimum Gasteiger partial charge on any atom is -0.404 e. The topological polar surface area (TPSA) is 93.7 Å². The lowest BCUT2D eigenvalue weighted by atomic mass is 9.88. The van der Waals surface area contributed by atoms with Crippen LogP contribution in [0.4, 0.5) is 18.9 Å². The average molecular weight is 629 g/mol. The number of aryl methyl sites for hydroxylation is 1. The number of rotatable bonds is 3. The molecule has 0 saturated carbocycles. The second kappa shape index (κ2) is 11.5. The van der Waals surface area contributed by atoms with Crippen molar-refractivity contribution < 1.29 is 17.9 Å². The third-order valence-electron chi connectivity index (χ3n) is 8.09. The van der Waals surface area contributed by atoms with Gasteiger partial charge in [-0.3, -0.25) is 0 Å². The van der Waals surface area contributed by atoms with Crippen molar-refractivity contribution in [2.45, 2.75) is 13.3 Å². The molecule has 0 N–H and O–H groups in total. The smallest absolute Gasteiger partial charge is 0.404 e. The Hall–Kier alpha value is -7.37. The summed E-state index contributed by atoms with van der Waals surface area (Å²) >= 11 is 0. The molecule has 0 atom stereocenters. The quantitative estimate of drug-likeness (QED) is 0.167. The number of allylic oxidation sites excluding steroid dienone is 6. The fourth-order valence-corrected chi connectivity index (χ4v) is 6.08. The molecule has 2 aliphatic rings. The summed E-state index contributed by atoms with van der Waals surface area (Å²) in [5.74, 6) is -0.678. The van der Waals surface area contributed by atoms with E-state index in [1.807, 2.05) is 43.3 Å². The molecule has 48 heavy (non-hydrogen) atoms. The first-order valence-electron chi connectivity index (χ1n) is 13.9. The maximum Gasteiger partial charge on any atom is 0.573 e. The number of halogens is 3. The first kappa shape index (κ1) is 30.6. The number of nitrogens with zero attached hydrogens (tertiary/aromatic N) is 6. The molecule has 2 aliphatic carbocycles. The molecule has 0 radical (unpaired) electrons. The van der Waals surface area contributed by atoms with Crippen molar-refractivity contribution in [3.63, 3.8) is 0 Å². The summed E-state index contributed by atoms with van der Waals surface area (Å²) < 4.78 is 43.4. The summed E-state index contributed by atoms with van der Waals surface area (Å²) in [7, 11) is 0. The van der Waals surface area contributed by atoms with Crippen molar-refractivity contribution in [3.05, 3.63) is 152 Å². The number of hydrogen-bond acceptors (Lipinski definition) is 4. The zero-order valence-corrected chi connectivity index (χ0v) is 24.7. The van der Waals surface area contributed by atoms with Gasteiger partial charge >= 0.3 is 6.36 Å². The predicted molar refractivity (Wildman–Crippen MR) is 171 cm³/mol. The Morgan fingerprint density at radius 1 is 0.667 bits per heavy atom. The summed E-state index contributed by atoms with van der Waals surface area (Å²) in [6.07, 6.45) is -5.03. The molecule has 6 rings (SSSR count). The standard InChI is InChI=1S/C38H15F3N6O/c1-20-13-21(9-12-30(20)45-2)22-7-10-26-28(14-22)34(31(18-43)46-3)37-27-11-8-23(15-29(27)35(36(26)37)32(19-44)47-4)24-5-6-25(17-42)33(16-24)48-38(39,40)41/h5-16H,1H3/b34-31+,35-32-. The molecular formula is C38H15F3N6O. The van der Waals surface area contributed by atoms with E-state index in [9.17, 15) is 29.0 Å². The number of ether oxygens (including phenoxy) is 1. The number of benzene rings is 4. The zero-order valence-electron chi connectivity index (χ0n) is 24.7. The van der Waals surface area contributed by atoms with Gasteiger partial charge in [-0.1, -0.05) is 48.5 Å². The first-order valence-corrected chi connectivity index (χ1v) is 13.9. The summed E-state index contributed by atoms with van der Waals surface area (Å²) in [5.41, 5.74) is 6.49. The van der Waals surface area contributed by atoms with Crippen LogP contribution in [0.5, 0.6) is 5.75 Å². The van der Waals surface area contributed by atoms with Gasteiger partial charge in [0.05, 0.1) is 37.4 Å². The molecule has 0 aliphatic heterocycles. The van der Waals surface area contributed by atoms with Gasteiger partial charge in [0, 0.05) is 11.1 Å². The van der Waals surface area contributed by atoms with Crippen LogP contribution >= 0.6 is 0 Å². The van der Waals surface area contributed by atoms with E-state index in [0.717, 1.165) is 22.8 Å². The zero-order chi connectivity index (χ0) is 34.3. The molecule has 0 bridgehead atoms. The predicted octanol–water partition coefficient (Wildman–Crippen LogP) is 9.90. The third kappa shape index (κ3) is 4.90. The molecular weight excluding hydrogens is 613 g/mol. The van der Waals surface area contributed by atoms with Gasteiger partial charge in [-0.2, -0.15) is 5.26 Å². The van der Waals surface area contributed by atoms with Gasteiger partial charge in [0.2, 0.25) is 0 Å². The Bertz CT molecular complexity index is 2460. The van der Waals surface area contributed by atoms with Crippen LogP contribution in [0.15, 0.2) is 84.2 Å². The minimum atomic E-state index is -5.03. The van der Waals surface area contributed by atoms with E-state index in [1.54, 1.807) is 36.4 Å². The molecule has 224 valence electrons. The molecule has 0 unspecified atom stereocenters. The van der Waals surface area contributed by atoms with E-state index >= 15 is 0 Å². The van der Waals surface area contributed by atoms with Gasteiger partial charge < -0.3 is 4.74 Å². The highest BCUT2D eigenvalue weighted by Gasteiger charge is 2.40. The number of fused-ring (bicyclic) bond motifs is 4. The molecule has 0 heterocycles. The molecule has 0 fully saturated rings. The van der Waals surface area contributed by atoms with Crippen molar-refractivity contribution in [1.82, 2.24) is 0 Å². The van der Waals surface area contributed by atoms with E-state index < -0.39 is 12.1 Å². The monoisotopic (exact) mass is 628 g/mol. The van der Waals surface area contributed by atoms with Gasteiger partial charge in [0.25, 0.3) is 11.4 Å². The Labute approximate surface area is 272 Å². The Balaban J connectivity index is 1.58. The van der Waals surface area contributed by atoms with E-state index in [4.69, 9.17) is 19.7 Å². The van der Waals surface area contributed by atoms with Crippen LogP contribution in [0.3, 0.4) is 0 Å². The lowest BCUT2D eigenvalue weighted by Gasteiger charge is -2.16. The normalized spacial score (nSPS) is 14.5. The second-order valence-electron chi connectivity index (χ2n) is 10.6.